The van der Waals surface area contributed by atoms with Gasteiger partial charge in [-0.2, -0.15) is 0 Å². The fraction of sp³-hybridized carbons (Fsp3) is 0.0541. The maximum Gasteiger partial charge on any atom is 0.160 e. The Balaban J connectivity index is 0.806. The van der Waals surface area contributed by atoms with Crippen LogP contribution >= 0.6 is 0 Å². The topological polar surface area (TPSA) is 40.6 Å². The summed E-state index contributed by atoms with van der Waals surface area (Å²) in [6, 6.07) is 90.9. The number of para-hydroxylation sites is 4. The van der Waals surface area contributed by atoms with Crippen molar-refractivity contribution in [2.75, 3.05) is 0 Å². The molecule has 0 aliphatic heterocycles. The number of fused-ring (bicyclic) bond motifs is 9. The lowest BCUT2D eigenvalue weighted by Gasteiger charge is -2.16. The van der Waals surface area contributed by atoms with Crippen LogP contribution in [0.1, 0.15) is 22.3 Å². The number of hydrogen-bond acceptors (Lipinski definition) is 2. The van der Waals surface area contributed by atoms with Crippen LogP contribution in [0.2, 0.25) is 0 Å². The molecule has 0 saturated heterocycles. The van der Waals surface area contributed by atoms with Crippen LogP contribution in [0, 0.1) is 27.7 Å². The number of rotatable bonds is 8. The Morgan fingerprint density at radius 1 is 0.266 bits per heavy atom. The molecular weight excluding hydrogens is 959 g/mol. The van der Waals surface area contributed by atoms with E-state index in [9.17, 15) is 0 Å². The molecule has 5 heteroatoms. The second kappa shape index (κ2) is 18.3. The van der Waals surface area contributed by atoms with Crippen LogP contribution < -0.4 is 0 Å². The van der Waals surface area contributed by atoms with E-state index < -0.39 is 0 Å². The number of benzene rings is 11. The Kier molecular flexibility index (Phi) is 10.7. The van der Waals surface area contributed by atoms with E-state index in [2.05, 4.69) is 290 Å². The first kappa shape index (κ1) is 46.2. The van der Waals surface area contributed by atoms with Crippen molar-refractivity contribution in [3.63, 3.8) is 0 Å². The molecule has 0 amide bonds. The first-order valence-electron chi connectivity index (χ1n) is 27.2. The molecule has 0 aliphatic carbocycles. The maximum atomic E-state index is 5.11. The van der Waals surface area contributed by atoms with E-state index in [0.717, 1.165) is 56.4 Å². The standard InChI is InChI=1S/C74H53N5/c1-46-21-25-53(26-22-46)65-45-66(76-74(75-65)55-27-23-47(2)24-28-55)54-35-31-51(32-36-54)50-29-33-52(34-30-50)62-41-49(4)73(42-48(62)3)79-71-39-37-56(77-67-17-9-5-13-58(67)59-14-6-10-18-68(59)77)43-63(71)64-44-57(38-40-72(64)79)78-69-19-11-7-15-60(69)61-16-8-12-20-70(61)78/h5-45H,1-4H3. The van der Waals surface area contributed by atoms with E-state index in [1.54, 1.807) is 0 Å². The fourth-order valence-corrected chi connectivity index (χ4v) is 12.3. The zero-order valence-corrected chi connectivity index (χ0v) is 44.4. The predicted octanol–water partition coefficient (Wildman–Crippen LogP) is 19.3. The third kappa shape index (κ3) is 7.68. The Bertz CT molecular complexity index is 4560. The molecule has 4 heterocycles. The largest absolute Gasteiger partial charge is 0.309 e. The number of aryl methyl sites for hydroxylation is 4. The molecule has 15 rings (SSSR count). The van der Waals surface area contributed by atoms with Gasteiger partial charge in [0, 0.05) is 66.1 Å². The number of aromatic nitrogens is 5. The Hall–Kier alpha value is -10.1. The smallest absolute Gasteiger partial charge is 0.160 e. The molecule has 0 unspecified atom stereocenters. The summed E-state index contributed by atoms with van der Waals surface area (Å²) < 4.78 is 7.35. The molecule has 15 aromatic rings. The second-order valence-corrected chi connectivity index (χ2v) is 21.3. The van der Waals surface area contributed by atoms with E-state index in [-0.39, 0.29) is 0 Å². The van der Waals surface area contributed by atoms with Gasteiger partial charge in [-0.25, -0.2) is 9.97 Å². The van der Waals surface area contributed by atoms with Gasteiger partial charge in [0.15, 0.2) is 5.82 Å². The first-order chi connectivity index (χ1) is 38.8. The molecule has 374 valence electrons. The van der Waals surface area contributed by atoms with Gasteiger partial charge >= 0.3 is 0 Å². The summed E-state index contributed by atoms with van der Waals surface area (Å²) >= 11 is 0. The van der Waals surface area contributed by atoms with Crippen LogP contribution in [-0.4, -0.2) is 23.7 Å². The minimum absolute atomic E-state index is 0.719. The molecule has 0 N–H and O–H groups in total. The van der Waals surface area contributed by atoms with E-state index in [0.29, 0.717) is 0 Å². The summed E-state index contributed by atoms with van der Waals surface area (Å²) in [6.07, 6.45) is 0. The van der Waals surface area contributed by atoms with Gasteiger partial charge in [-0.05, 0) is 140 Å². The van der Waals surface area contributed by atoms with Gasteiger partial charge in [0.25, 0.3) is 0 Å². The molecule has 0 aliphatic rings. The minimum atomic E-state index is 0.719. The van der Waals surface area contributed by atoms with Crippen molar-refractivity contribution in [3.8, 4) is 73.2 Å². The molecule has 0 fully saturated rings. The molecular formula is C74H53N5. The highest BCUT2D eigenvalue weighted by molar-refractivity contribution is 6.14. The van der Waals surface area contributed by atoms with Gasteiger partial charge in [-0.3, -0.25) is 0 Å². The lowest BCUT2D eigenvalue weighted by molar-refractivity contribution is 1.13. The van der Waals surface area contributed by atoms with E-state index in [1.165, 1.54) is 104 Å². The quantitative estimate of drug-likeness (QED) is 0.152. The summed E-state index contributed by atoms with van der Waals surface area (Å²) in [5, 5.41) is 7.43. The fourth-order valence-electron chi connectivity index (χ4n) is 12.3. The van der Waals surface area contributed by atoms with Crippen LogP contribution in [0.4, 0.5) is 0 Å². The van der Waals surface area contributed by atoms with Crippen molar-refractivity contribution >= 4 is 65.4 Å². The molecule has 0 atom stereocenters. The highest BCUT2D eigenvalue weighted by Gasteiger charge is 2.21. The Morgan fingerprint density at radius 3 is 1.08 bits per heavy atom. The molecule has 79 heavy (non-hydrogen) atoms. The highest BCUT2D eigenvalue weighted by atomic mass is 15.0. The van der Waals surface area contributed by atoms with Gasteiger partial charge < -0.3 is 13.7 Å². The van der Waals surface area contributed by atoms with Crippen molar-refractivity contribution in [1.82, 2.24) is 23.7 Å². The molecule has 0 saturated carbocycles. The molecule has 0 spiro atoms. The molecule has 4 aromatic heterocycles. The summed E-state index contributed by atoms with van der Waals surface area (Å²) in [5.41, 5.74) is 25.1. The minimum Gasteiger partial charge on any atom is -0.309 e. The van der Waals surface area contributed by atoms with Gasteiger partial charge in [0.2, 0.25) is 0 Å². The number of hydrogen-bond donors (Lipinski definition) is 0. The maximum absolute atomic E-state index is 5.11. The van der Waals surface area contributed by atoms with E-state index in [4.69, 9.17) is 9.97 Å². The Morgan fingerprint density at radius 2 is 0.633 bits per heavy atom. The molecule has 0 radical (unpaired) electrons. The van der Waals surface area contributed by atoms with Crippen molar-refractivity contribution in [2.45, 2.75) is 27.7 Å². The summed E-state index contributed by atoms with van der Waals surface area (Å²) in [5.74, 6) is 0.719. The van der Waals surface area contributed by atoms with Crippen LogP contribution in [0.5, 0.6) is 0 Å². The average Bonchev–Trinajstić information content (AvgIpc) is 4.14. The van der Waals surface area contributed by atoms with Crippen molar-refractivity contribution in [1.29, 1.82) is 0 Å². The molecule has 11 aromatic carbocycles. The number of nitrogens with zero attached hydrogens (tertiary/aromatic N) is 5. The second-order valence-electron chi connectivity index (χ2n) is 21.3. The predicted molar refractivity (Wildman–Crippen MR) is 331 cm³/mol. The van der Waals surface area contributed by atoms with Gasteiger partial charge in [-0.1, -0.05) is 181 Å². The van der Waals surface area contributed by atoms with Crippen LogP contribution in [0.3, 0.4) is 0 Å². The van der Waals surface area contributed by atoms with Crippen molar-refractivity contribution in [3.05, 3.63) is 271 Å². The van der Waals surface area contributed by atoms with E-state index in [1.807, 2.05) is 0 Å². The third-order valence-corrected chi connectivity index (χ3v) is 16.3. The third-order valence-electron chi connectivity index (χ3n) is 16.3. The van der Waals surface area contributed by atoms with Crippen molar-refractivity contribution in [2.24, 2.45) is 0 Å². The summed E-state index contributed by atoms with van der Waals surface area (Å²) in [4.78, 5) is 10.2. The van der Waals surface area contributed by atoms with Crippen LogP contribution in [0.25, 0.3) is 139 Å². The normalized spacial score (nSPS) is 11.8. The molecule has 5 nitrogen and oxygen atoms in total. The zero-order chi connectivity index (χ0) is 52.9. The Labute approximate surface area is 458 Å². The lowest BCUT2D eigenvalue weighted by atomic mass is 9.95. The molecule has 0 bridgehead atoms. The average molecular weight is 1010 g/mol. The lowest BCUT2D eigenvalue weighted by Crippen LogP contribution is -2.00. The summed E-state index contributed by atoms with van der Waals surface area (Å²) in [6.45, 7) is 8.72. The monoisotopic (exact) mass is 1010 g/mol. The SMILES string of the molecule is Cc1ccc(-c2cc(-c3ccc(-c4ccc(-c5cc(C)c(-n6c7ccc(-n8c9ccccc9c9ccccc98)cc7c7cc(-n8c9ccccc9c9ccccc98)ccc76)cc5C)cc4)cc3)nc(-c3ccc(C)cc3)n2)cc1. The van der Waals surface area contributed by atoms with Crippen LogP contribution in [0.15, 0.2) is 249 Å². The zero-order valence-electron chi connectivity index (χ0n) is 44.4. The highest BCUT2D eigenvalue weighted by Crippen LogP contribution is 2.41. The van der Waals surface area contributed by atoms with Gasteiger partial charge in [0.05, 0.1) is 44.5 Å². The van der Waals surface area contributed by atoms with Crippen LogP contribution in [-0.2, 0) is 0 Å². The summed E-state index contributed by atoms with van der Waals surface area (Å²) in [7, 11) is 0. The van der Waals surface area contributed by atoms with Gasteiger partial charge in [0.1, 0.15) is 0 Å². The van der Waals surface area contributed by atoms with E-state index >= 15 is 0 Å². The van der Waals surface area contributed by atoms with Gasteiger partial charge in [-0.15, -0.1) is 0 Å². The van der Waals surface area contributed by atoms with Crippen molar-refractivity contribution < 1.29 is 0 Å². The first-order valence-corrected chi connectivity index (χ1v) is 27.2.